The molecular weight excluding hydrogens is 347 g/mol. The summed E-state index contributed by atoms with van der Waals surface area (Å²) in [6, 6.07) is 3.47. The highest BCUT2D eigenvalue weighted by atomic mass is 32.2. The Kier molecular flexibility index (Phi) is 6.92. The number of aryl methyl sites for hydroxylation is 1. The summed E-state index contributed by atoms with van der Waals surface area (Å²) in [6.45, 7) is 1.87. The average Bonchev–Trinajstić information content (AvgIpc) is 2.58. The minimum atomic E-state index is -3.88. The maximum absolute atomic E-state index is 13.1. The number of piperidine rings is 1. The smallest absolute Gasteiger partial charge is 0.241 e. The van der Waals surface area contributed by atoms with Gasteiger partial charge in [-0.25, -0.2) is 17.5 Å². The lowest BCUT2D eigenvalue weighted by atomic mass is 9.98. The number of benzene rings is 1. The second-order valence-corrected chi connectivity index (χ2v) is 8.07. The summed E-state index contributed by atoms with van der Waals surface area (Å²) in [4.78, 5) is 14.1. The van der Waals surface area contributed by atoms with Crippen molar-refractivity contribution in [1.82, 2.24) is 9.62 Å². The SMILES string of the molecule is Cc1cc(F)ccc1S(=O)(=O)NCC(=O)N1CCCC[C@H]1CCCO. The molecule has 0 spiro atoms. The molecule has 140 valence electrons. The summed E-state index contributed by atoms with van der Waals surface area (Å²) in [6.07, 6.45) is 4.13. The van der Waals surface area contributed by atoms with Gasteiger partial charge in [-0.1, -0.05) is 0 Å². The van der Waals surface area contributed by atoms with Crippen molar-refractivity contribution in [3.05, 3.63) is 29.6 Å². The number of aliphatic hydroxyl groups is 1. The first-order chi connectivity index (χ1) is 11.8. The summed E-state index contributed by atoms with van der Waals surface area (Å²) < 4.78 is 40.2. The highest BCUT2D eigenvalue weighted by Crippen LogP contribution is 2.21. The fourth-order valence-electron chi connectivity index (χ4n) is 3.21. The van der Waals surface area contributed by atoms with Crippen LogP contribution in [0.2, 0.25) is 0 Å². The number of amides is 1. The molecule has 1 atom stereocenters. The first kappa shape index (κ1) is 19.8. The molecule has 0 radical (unpaired) electrons. The molecular formula is C17H25FN2O4S. The Morgan fingerprint density at radius 3 is 2.84 bits per heavy atom. The van der Waals surface area contributed by atoms with Gasteiger partial charge >= 0.3 is 0 Å². The summed E-state index contributed by atoms with van der Waals surface area (Å²) in [5, 5.41) is 8.98. The maximum atomic E-state index is 13.1. The van der Waals surface area contributed by atoms with E-state index in [0.29, 0.717) is 24.9 Å². The third kappa shape index (κ3) is 5.23. The Labute approximate surface area is 148 Å². The van der Waals surface area contributed by atoms with Gasteiger partial charge in [0.05, 0.1) is 11.4 Å². The summed E-state index contributed by atoms with van der Waals surface area (Å²) in [7, 11) is -3.88. The van der Waals surface area contributed by atoms with E-state index in [9.17, 15) is 17.6 Å². The number of carbonyl (C=O) groups excluding carboxylic acids is 1. The van der Waals surface area contributed by atoms with E-state index in [1.54, 1.807) is 4.90 Å². The monoisotopic (exact) mass is 372 g/mol. The van der Waals surface area contributed by atoms with Crippen molar-refractivity contribution in [1.29, 1.82) is 0 Å². The van der Waals surface area contributed by atoms with Gasteiger partial charge in [0.25, 0.3) is 0 Å². The molecule has 2 N–H and O–H groups in total. The fourth-order valence-corrected chi connectivity index (χ4v) is 4.41. The van der Waals surface area contributed by atoms with E-state index in [1.807, 2.05) is 0 Å². The Balaban J connectivity index is 2.02. The molecule has 1 fully saturated rings. The molecule has 1 saturated heterocycles. The molecule has 25 heavy (non-hydrogen) atoms. The predicted molar refractivity (Wildman–Crippen MR) is 92.0 cm³/mol. The van der Waals surface area contributed by atoms with E-state index in [4.69, 9.17) is 5.11 Å². The number of halogens is 1. The minimum absolute atomic E-state index is 0.0304. The van der Waals surface area contributed by atoms with Gasteiger partial charge in [0, 0.05) is 19.2 Å². The molecule has 2 rings (SSSR count). The molecule has 1 heterocycles. The lowest BCUT2D eigenvalue weighted by Gasteiger charge is -2.36. The zero-order valence-corrected chi connectivity index (χ0v) is 15.2. The van der Waals surface area contributed by atoms with Gasteiger partial charge in [0.15, 0.2) is 0 Å². The van der Waals surface area contributed by atoms with E-state index in [1.165, 1.54) is 13.0 Å². The second-order valence-electron chi connectivity index (χ2n) is 6.34. The maximum Gasteiger partial charge on any atom is 0.241 e. The van der Waals surface area contributed by atoms with Crippen LogP contribution in [0.3, 0.4) is 0 Å². The topological polar surface area (TPSA) is 86.7 Å². The van der Waals surface area contributed by atoms with Crippen LogP contribution in [0, 0.1) is 12.7 Å². The van der Waals surface area contributed by atoms with Crippen LogP contribution in [0.4, 0.5) is 4.39 Å². The van der Waals surface area contributed by atoms with Crippen LogP contribution in [0.25, 0.3) is 0 Å². The first-order valence-corrected chi connectivity index (χ1v) is 9.99. The average molecular weight is 372 g/mol. The van der Waals surface area contributed by atoms with Crippen molar-refractivity contribution in [3.8, 4) is 0 Å². The molecule has 1 aliphatic heterocycles. The molecule has 0 bridgehead atoms. The van der Waals surface area contributed by atoms with Gasteiger partial charge in [0.2, 0.25) is 15.9 Å². The zero-order chi connectivity index (χ0) is 18.4. The van der Waals surface area contributed by atoms with Crippen LogP contribution in [0.5, 0.6) is 0 Å². The Morgan fingerprint density at radius 1 is 1.40 bits per heavy atom. The standard InChI is InChI=1S/C17H25FN2O4S/c1-13-11-14(18)7-8-16(13)25(23,24)19-12-17(22)20-9-3-2-5-15(20)6-4-10-21/h7-8,11,15,19,21H,2-6,9-10,12H2,1H3/t15-/m0/s1. The van der Waals surface area contributed by atoms with Crippen LogP contribution < -0.4 is 4.72 Å². The molecule has 0 saturated carbocycles. The summed E-state index contributed by atoms with van der Waals surface area (Å²) in [5.41, 5.74) is 0.291. The van der Waals surface area contributed by atoms with E-state index < -0.39 is 15.8 Å². The molecule has 1 aliphatic rings. The molecule has 1 aromatic carbocycles. The van der Waals surface area contributed by atoms with Crippen LogP contribution in [0.15, 0.2) is 23.1 Å². The van der Waals surface area contributed by atoms with Gasteiger partial charge in [-0.15, -0.1) is 0 Å². The number of rotatable bonds is 7. The van der Waals surface area contributed by atoms with Crippen LogP contribution >= 0.6 is 0 Å². The number of sulfonamides is 1. The number of carbonyl (C=O) groups is 1. The lowest BCUT2D eigenvalue weighted by molar-refractivity contribution is -0.133. The van der Waals surface area contributed by atoms with E-state index in [0.717, 1.165) is 31.4 Å². The normalized spacial score (nSPS) is 18.4. The number of nitrogens with one attached hydrogen (secondary N) is 1. The highest BCUT2D eigenvalue weighted by molar-refractivity contribution is 7.89. The Morgan fingerprint density at radius 2 is 2.16 bits per heavy atom. The van der Waals surface area contributed by atoms with Gasteiger partial charge in [-0.2, -0.15) is 0 Å². The second kappa shape index (κ2) is 8.73. The lowest BCUT2D eigenvalue weighted by Crippen LogP contribution is -2.48. The van der Waals surface area contributed by atoms with Crippen molar-refractivity contribution in [3.63, 3.8) is 0 Å². The predicted octanol–water partition coefficient (Wildman–Crippen LogP) is 1.57. The molecule has 0 aromatic heterocycles. The molecule has 1 aromatic rings. The van der Waals surface area contributed by atoms with E-state index >= 15 is 0 Å². The minimum Gasteiger partial charge on any atom is -0.396 e. The van der Waals surface area contributed by atoms with Gasteiger partial charge in [0.1, 0.15) is 5.82 Å². The van der Waals surface area contributed by atoms with E-state index in [2.05, 4.69) is 4.72 Å². The number of hydrogen-bond acceptors (Lipinski definition) is 4. The summed E-state index contributed by atoms with van der Waals surface area (Å²) >= 11 is 0. The van der Waals surface area contributed by atoms with Gasteiger partial charge < -0.3 is 10.0 Å². The largest absolute Gasteiger partial charge is 0.396 e. The number of likely N-dealkylation sites (tertiary alicyclic amines) is 1. The van der Waals surface area contributed by atoms with Crippen molar-refractivity contribution in [2.45, 2.75) is 50.0 Å². The van der Waals surface area contributed by atoms with Crippen molar-refractivity contribution >= 4 is 15.9 Å². The van der Waals surface area contributed by atoms with Crippen molar-refractivity contribution < 1.29 is 22.7 Å². The Hall–Kier alpha value is -1.51. The molecule has 6 nitrogen and oxygen atoms in total. The number of nitrogens with zero attached hydrogens (tertiary/aromatic N) is 1. The van der Waals surface area contributed by atoms with Crippen LogP contribution in [-0.4, -0.2) is 50.1 Å². The number of aliphatic hydroxyl groups excluding tert-OH is 1. The molecule has 8 heteroatoms. The third-order valence-corrected chi connectivity index (χ3v) is 6.04. The van der Waals surface area contributed by atoms with Crippen LogP contribution in [0.1, 0.15) is 37.7 Å². The third-order valence-electron chi connectivity index (χ3n) is 4.48. The van der Waals surface area contributed by atoms with Crippen molar-refractivity contribution in [2.75, 3.05) is 19.7 Å². The van der Waals surface area contributed by atoms with Gasteiger partial charge in [-0.3, -0.25) is 4.79 Å². The molecule has 1 amide bonds. The highest BCUT2D eigenvalue weighted by Gasteiger charge is 2.27. The zero-order valence-electron chi connectivity index (χ0n) is 14.4. The summed E-state index contributed by atoms with van der Waals surface area (Å²) in [5.74, 6) is -0.779. The first-order valence-electron chi connectivity index (χ1n) is 8.51. The van der Waals surface area contributed by atoms with Crippen molar-refractivity contribution in [2.24, 2.45) is 0 Å². The molecule has 0 aliphatic carbocycles. The van der Waals surface area contributed by atoms with Crippen LogP contribution in [-0.2, 0) is 14.8 Å². The number of hydrogen-bond donors (Lipinski definition) is 2. The molecule has 0 unspecified atom stereocenters. The quantitative estimate of drug-likeness (QED) is 0.761. The fraction of sp³-hybridized carbons (Fsp3) is 0.588. The van der Waals surface area contributed by atoms with E-state index in [-0.39, 0.29) is 30.0 Å². The van der Waals surface area contributed by atoms with Gasteiger partial charge in [-0.05, 0) is 62.8 Å². The Bertz CT molecular complexity index is 709.